The van der Waals surface area contributed by atoms with Crippen LogP contribution in [-0.4, -0.2) is 51.3 Å². The first kappa shape index (κ1) is 15.1. The summed E-state index contributed by atoms with van der Waals surface area (Å²) in [5.74, 6) is -0.381. The summed E-state index contributed by atoms with van der Waals surface area (Å²) in [6.45, 7) is 5.36. The van der Waals surface area contributed by atoms with Gasteiger partial charge in [0.2, 0.25) is 11.8 Å². The van der Waals surface area contributed by atoms with Crippen molar-refractivity contribution in [2.45, 2.75) is 26.9 Å². The van der Waals surface area contributed by atoms with E-state index in [1.54, 1.807) is 11.1 Å². The highest BCUT2D eigenvalue weighted by Gasteiger charge is 2.11. The Bertz CT molecular complexity index is 427. The third-order valence-corrected chi connectivity index (χ3v) is 2.65. The number of carbonyl (C=O) groups excluding carboxylic acids is 2. The summed E-state index contributed by atoms with van der Waals surface area (Å²) in [7, 11) is 0. The fourth-order valence-electron chi connectivity index (χ4n) is 1.57. The van der Waals surface area contributed by atoms with E-state index >= 15 is 0 Å². The maximum Gasteiger partial charge on any atom is 0.242 e. The largest absolute Gasteiger partial charge is 0.345 e. The average Bonchev–Trinajstić information content (AvgIpc) is 2.85. The van der Waals surface area contributed by atoms with Gasteiger partial charge < -0.3 is 16.0 Å². The molecule has 1 aromatic heterocycles. The first-order valence-corrected chi connectivity index (χ1v) is 6.24. The highest BCUT2D eigenvalue weighted by Crippen LogP contribution is 1.91. The van der Waals surface area contributed by atoms with Gasteiger partial charge in [0.05, 0.1) is 18.4 Å². The fourth-order valence-corrected chi connectivity index (χ4v) is 1.57. The van der Waals surface area contributed by atoms with Gasteiger partial charge in [0.15, 0.2) is 0 Å². The van der Waals surface area contributed by atoms with Crippen LogP contribution in [0.25, 0.3) is 0 Å². The minimum atomic E-state index is -0.283. The van der Waals surface area contributed by atoms with E-state index in [1.807, 2.05) is 13.8 Å². The second-order valence-electron chi connectivity index (χ2n) is 3.95. The van der Waals surface area contributed by atoms with Gasteiger partial charge in [-0.3, -0.25) is 9.59 Å². The summed E-state index contributed by atoms with van der Waals surface area (Å²) < 4.78 is 1.39. The molecular formula is C11H20N6O2. The molecule has 0 saturated carbocycles. The molecule has 0 radical (unpaired) electrons. The molecule has 0 spiro atoms. The summed E-state index contributed by atoms with van der Waals surface area (Å²) in [5, 5.41) is 10.1. The Morgan fingerprint density at radius 3 is 2.63 bits per heavy atom. The zero-order valence-corrected chi connectivity index (χ0v) is 11.3. The van der Waals surface area contributed by atoms with Gasteiger partial charge in [-0.05, 0) is 13.8 Å². The van der Waals surface area contributed by atoms with E-state index in [2.05, 4.69) is 15.6 Å². The van der Waals surface area contributed by atoms with Gasteiger partial charge >= 0.3 is 0 Å². The van der Waals surface area contributed by atoms with E-state index in [4.69, 9.17) is 5.73 Å². The number of aromatic nitrogens is 3. The van der Waals surface area contributed by atoms with E-state index in [9.17, 15) is 9.59 Å². The van der Waals surface area contributed by atoms with Crippen LogP contribution in [-0.2, 0) is 22.7 Å². The number of rotatable bonds is 7. The first-order chi connectivity index (χ1) is 9.10. The molecule has 1 rings (SSSR count). The molecule has 19 heavy (non-hydrogen) atoms. The zero-order valence-electron chi connectivity index (χ0n) is 11.3. The number of hydrogen-bond donors (Lipinski definition) is 2. The number of carbonyl (C=O) groups is 2. The zero-order chi connectivity index (χ0) is 14.3. The Morgan fingerprint density at radius 1 is 1.42 bits per heavy atom. The van der Waals surface area contributed by atoms with E-state index in [-0.39, 0.29) is 31.4 Å². The van der Waals surface area contributed by atoms with Gasteiger partial charge in [-0.2, -0.15) is 0 Å². The normalized spacial score (nSPS) is 10.3. The smallest absolute Gasteiger partial charge is 0.242 e. The van der Waals surface area contributed by atoms with Crippen molar-refractivity contribution in [2.24, 2.45) is 5.73 Å². The van der Waals surface area contributed by atoms with Gasteiger partial charge in [-0.25, -0.2) is 4.68 Å². The molecule has 0 aliphatic heterocycles. The Hall–Kier alpha value is -1.96. The van der Waals surface area contributed by atoms with Crippen LogP contribution >= 0.6 is 0 Å². The molecule has 0 aliphatic rings. The SMILES string of the molecule is CCN(CC)C(=O)CNC(=O)Cn1cc(CN)nn1. The standard InChI is InChI=1S/C11H20N6O2/c1-3-16(4-2)11(19)6-13-10(18)8-17-7-9(5-12)14-15-17/h7H,3-6,8,12H2,1-2H3,(H,13,18). The molecule has 3 N–H and O–H groups in total. The summed E-state index contributed by atoms with van der Waals surface area (Å²) in [5.41, 5.74) is 6.01. The lowest BCUT2D eigenvalue weighted by molar-refractivity contribution is -0.132. The Balaban J connectivity index is 2.37. The number of nitrogens with two attached hydrogens (primary N) is 1. The second kappa shape index (κ2) is 7.47. The van der Waals surface area contributed by atoms with E-state index in [0.717, 1.165) is 0 Å². The number of nitrogens with one attached hydrogen (secondary N) is 1. The predicted molar refractivity (Wildman–Crippen MR) is 68.9 cm³/mol. The minimum Gasteiger partial charge on any atom is -0.345 e. The number of nitrogens with zero attached hydrogens (tertiary/aromatic N) is 4. The topological polar surface area (TPSA) is 106 Å². The van der Waals surface area contributed by atoms with E-state index < -0.39 is 0 Å². The highest BCUT2D eigenvalue weighted by atomic mass is 16.2. The lowest BCUT2D eigenvalue weighted by Gasteiger charge is -2.18. The molecule has 0 aromatic carbocycles. The summed E-state index contributed by atoms with van der Waals surface area (Å²) in [6.07, 6.45) is 1.60. The monoisotopic (exact) mass is 268 g/mol. The maximum absolute atomic E-state index is 11.7. The van der Waals surface area contributed by atoms with Crippen LogP contribution in [0, 0.1) is 0 Å². The van der Waals surface area contributed by atoms with Crippen molar-refractivity contribution in [3.05, 3.63) is 11.9 Å². The minimum absolute atomic E-state index is 0.00104. The summed E-state index contributed by atoms with van der Waals surface area (Å²) in [6, 6.07) is 0. The van der Waals surface area contributed by atoms with Gasteiger partial charge in [0.25, 0.3) is 0 Å². The molecule has 2 amide bonds. The van der Waals surface area contributed by atoms with Crippen molar-refractivity contribution in [1.82, 2.24) is 25.2 Å². The van der Waals surface area contributed by atoms with Crippen molar-refractivity contribution >= 4 is 11.8 Å². The van der Waals surface area contributed by atoms with Crippen molar-refractivity contribution in [2.75, 3.05) is 19.6 Å². The fraction of sp³-hybridized carbons (Fsp3) is 0.636. The van der Waals surface area contributed by atoms with Crippen LogP contribution in [0.15, 0.2) is 6.20 Å². The Kier molecular flexibility index (Phi) is 5.94. The number of hydrogen-bond acceptors (Lipinski definition) is 5. The number of amides is 2. The summed E-state index contributed by atoms with van der Waals surface area (Å²) in [4.78, 5) is 24.9. The Labute approximate surface area is 111 Å². The average molecular weight is 268 g/mol. The lowest BCUT2D eigenvalue weighted by atomic mass is 10.4. The van der Waals surface area contributed by atoms with Gasteiger partial charge in [-0.15, -0.1) is 5.10 Å². The predicted octanol–water partition coefficient (Wildman–Crippen LogP) is -1.28. The molecule has 0 aliphatic carbocycles. The highest BCUT2D eigenvalue weighted by molar-refractivity contribution is 5.84. The van der Waals surface area contributed by atoms with Crippen LogP contribution in [0.1, 0.15) is 19.5 Å². The third-order valence-electron chi connectivity index (χ3n) is 2.65. The lowest BCUT2D eigenvalue weighted by Crippen LogP contribution is -2.40. The van der Waals surface area contributed by atoms with Gasteiger partial charge in [0.1, 0.15) is 6.54 Å². The van der Waals surface area contributed by atoms with Gasteiger partial charge in [0, 0.05) is 19.6 Å². The summed E-state index contributed by atoms with van der Waals surface area (Å²) >= 11 is 0. The molecule has 8 heteroatoms. The molecule has 0 atom stereocenters. The third kappa shape index (κ3) is 4.66. The van der Waals surface area contributed by atoms with Crippen LogP contribution in [0.2, 0.25) is 0 Å². The molecular weight excluding hydrogens is 248 g/mol. The van der Waals surface area contributed by atoms with Gasteiger partial charge in [-0.1, -0.05) is 5.21 Å². The molecule has 106 valence electrons. The van der Waals surface area contributed by atoms with Crippen molar-refractivity contribution in [3.8, 4) is 0 Å². The molecule has 0 saturated heterocycles. The second-order valence-corrected chi connectivity index (χ2v) is 3.95. The molecule has 1 heterocycles. The molecule has 0 unspecified atom stereocenters. The molecule has 8 nitrogen and oxygen atoms in total. The van der Waals surface area contributed by atoms with Crippen molar-refractivity contribution < 1.29 is 9.59 Å². The quantitative estimate of drug-likeness (QED) is 0.640. The molecule has 0 bridgehead atoms. The van der Waals surface area contributed by atoms with Crippen LogP contribution in [0.4, 0.5) is 0 Å². The van der Waals surface area contributed by atoms with Crippen LogP contribution < -0.4 is 11.1 Å². The van der Waals surface area contributed by atoms with Crippen LogP contribution in [0.5, 0.6) is 0 Å². The number of likely N-dealkylation sites (N-methyl/N-ethyl adjacent to an activating group) is 1. The van der Waals surface area contributed by atoms with Crippen molar-refractivity contribution in [1.29, 1.82) is 0 Å². The van der Waals surface area contributed by atoms with Crippen LogP contribution in [0.3, 0.4) is 0 Å². The van der Waals surface area contributed by atoms with E-state index in [0.29, 0.717) is 18.8 Å². The first-order valence-electron chi connectivity index (χ1n) is 6.24. The van der Waals surface area contributed by atoms with Crippen molar-refractivity contribution in [3.63, 3.8) is 0 Å². The van der Waals surface area contributed by atoms with E-state index in [1.165, 1.54) is 4.68 Å². The molecule has 0 fully saturated rings. The Morgan fingerprint density at radius 2 is 2.11 bits per heavy atom. The molecule has 1 aromatic rings. The maximum atomic E-state index is 11.7.